The number of likely N-dealkylation sites (tertiary alicyclic amines) is 1. The number of hydrogen-bond acceptors (Lipinski definition) is 4. The standard InChI is InChI=1S/C25H30N6O2/c1-2-27-25(29-14-17-4-3-5-18(12-17)15-30-10-8-26-16-30)28-9-11-31-23(32)21-19-6-7-20(13-19)22(21)24(31)33/h3-8,10,12,16,19-22H,2,9,11,13-15H2,1H3,(H2,27,28,29). The monoisotopic (exact) mass is 446 g/mol. The molecule has 2 aliphatic carbocycles. The molecule has 2 N–H and O–H groups in total. The molecule has 0 radical (unpaired) electrons. The molecule has 2 heterocycles. The molecule has 1 aromatic heterocycles. The Labute approximate surface area is 193 Å². The van der Waals surface area contributed by atoms with E-state index in [1.807, 2.05) is 30.1 Å². The third-order valence-corrected chi connectivity index (χ3v) is 6.87. The number of aromatic nitrogens is 2. The number of imide groups is 1. The van der Waals surface area contributed by atoms with Gasteiger partial charge in [0.2, 0.25) is 11.8 Å². The number of carbonyl (C=O) groups is 2. The molecule has 8 nitrogen and oxygen atoms in total. The van der Waals surface area contributed by atoms with Gasteiger partial charge >= 0.3 is 0 Å². The Hall–Kier alpha value is -3.42. The number of carbonyl (C=O) groups excluding carboxylic acids is 2. The van der Waals surface area contributed by atoms with Crippen molar-refractivity contribution in [2.75, 3.05) is 19.6 Å². The molecule has 1 aromatic carbocycles. The van der Waals surface area contributed by atoms with Crippen molar-refractivity contribution < 1.29 is 9.59 Å². The Morgan fingerprint density at radius 1 is 1.12 bits per heavy atom. The summed E-state index contributed by atoms with van der Waals surface area (Å²) in [5, 5.41) is 6.52. The lowest BCUT2D eigenvalue weighted by atomic mass is 9.85. The van der Waals surface area contributed by atoms with E-state index < -0.39 is 0 Å². The highest BCUT2D eigenvalue weighted by Gasteiger charge is 2.58. The van der Waals surface area contributed by atoms with Crippen molar-refractivity contribution in [3.05, 3.63) is 66.3 Å². The maximum Gasteiger partial charge on any atom is 0.233 e. The van der Waals surface area contributed by atoms with Crippen molar-refractivity contribution in [1.29, 1.82) is 0 Å². The van der Waals surface area contributed by atoms with Crippen LogP contribution in [0.2, 0.25) is 0 Å². The molecule has 5 rings (SSSR count). The number of imidazole rings is 1. The number of hydrogen-bond donors (Lipinski definition) is 2. The number of guanidine groups is 1. The number of fused-ring (bicyclic) bond motifs is 5. The maximum absolute atomic E-state index is 12.8. The SMILES string of the molecule is CCNC(=NCc1cccc(Cn2ccnc2)c1)NCCN1C(=O)C2C3C=CC(C3)C2C1=O. The fourth-order valence-electron chi connectivity index (χ4n) is 5.40. The number of benzene rings is 1. The van der Waals surface area contributed by atoms with Crippen LogP contribution in [0, 0.1) is 23.7 Å². The van der Waals surface area contributed by atoms with Crippen molar-refractivity contribution in [3.63, 3.8) is 0 Å². The van der Waals surface area contributed by atoms with Crippen LogP contribution < -0.4 is 10.6 Å². The van der Waals surface area contributed by atoms with Gasteiger partial charge in [0.05, 0.1) is 24.7 Å². The average Bonchev–Trinajstić information content (AvgIpc) is 3.60. The molecule has 8 heteroatoms. The Morgan fingerprint density at radius 2 is 1.88 bits per heavy atom. The van der Waals surface area contributed by atoms with Crippen molar-refractivity contribution >= 4 is 17.8 Å². The topological polar surface area (TPSA) is 91.6 Å². The summed E-state index contributed by atoms with van der Waals surface area (Å²) in [5.41, 5.74) is 2.31. The molecule has 2 bridgehead atoms. The third-order valence-electron chi connectivity index (χ3n) is 6.87. The zero-order valence-electron chi connectivity index (χ0n) is 18.9. The maximum atomic E-state index is 12.8. The van der Waals surface area contributed by atoms with E-state index >= 15 is 0 Å². The van der Waals surface area contributed by atoms with E-state index in [9.17, 15) is 9.59 Å². The zero-order valence-corrected chi connectivity index (χ0v) is 18.9. The van der Waals surface area contributed by atoms with E-state index in [-0.39, 0.29) is 35.5 Å². The largest absolute Gasteiger partial charge is 0.357 e. The van der Waals surface area contributed by atoms with Gasteiger partial charge < -0.3 is 15.2 Å². The van der Waals surface area contributed by atoms with Gasteiger partial charge in [-0.3, -0.25) is 14.5 Å². The molecule has 172 valence electrons. The number of rotatable bonds is 8. The Kier molecular flexibility index (Phi) is 5.98. The van der Waals surface area contributed by atoms with Crippen molar-refractivity contribution in [2.24, 2.45) is 28.7 Å². The van der Waals surface area contributed by atoms with E-state index in [2.05, 4.69) is 46.0 Å². The first kappa shape index (κ1) is 21.4. The lowest BCUT2D eigenvalue weighted by Gasteiger charge is -2.18. The number of amides is 2. The van der Waals surface area contributed by atoms with Gasteiger partial charge in [-0.15, -0.1) is 0 Å². The van der Waals surface area contributed by atoms with E-state index in [4.69, 9.17) is 4.99 Å². The van der Waals surface area contributed by atoms with E-state index in [1.165, 1.54) is 10.5 Å². The van der Waals surface area contributed by atoms with Crippen LogP contribution in [-0.2, 0) is 22.7 Å². The van der Waals surface area contributed by atoms with Crippen LogP contribution in [0.25, 0.3) is 0 Å². The highest BCUT2D eigenvalue weighted by Crippen LogP contribution is 2.52. The molecule has 2 amide bonds. The van der Waals surface area contributed by atoms with Gasteiger partial charge in [-0.25, -0.2) is 9.98 Å². The predicted molar refractivity (Wildman–Crippen MR) is 125 cm³/mol. The molecule has 1 aliphatic heterocycles. The van der Waals surface area contributed by atoms with Gasteiger partial charge in [0.15, 0.2) is 5.96 Å². The normalized spacial score (nSPS) is 25.7. The van der Waals surface area contributed by atoms with Gasteiger partial charge in [0.1, 0.15) is 0 Å². The van der Waals surface area contributed by atoms with E-state index in [0.717, 1.165) is 25.1 Å². The molecular formula is C25H30N6O2. The first-order valence-electron chi connectivity index (χ1n) is 11.7. The summed E-state index contributed by atoms with van der Waals surface area (Å²) in [4.78, 5) is 35.9. The minimum absolute atomic E-state index is 0.000275. The quantitative estimate of drug-likeness (QED) is 0.279. The van der Waals surface area contributed by atoms with E-state index in [0.29, 0.717) is 25.6 Å². The smallest absolute Gasteiger partial charge is 0.233 e. The zero-order chi connectivity index (χ0) is 22.8. The Balaban J connectivity index is 1.16. The fraction of sp³-hybridized carbons (Fsp3) is 0.440. The first-order valence-corrected chi connectivity index (χ1v) is 11.7. The number of nitrogens with one attached hydrogen (secondary N) is 2. The highest BCUT2D eigenvalue weighted by molar-refractivity contribution is 6.06. The van der Waals surface area contributed by atoms with Crippen molar-refractivity contribution in [1.82, 2.24) is 25.1 Å². The van der Waals surface area contributed by atoms with Crippen LogP contribution in [0.4, 0.5) is 0 Å². The summed E-state index contributed by atoms with van der Waals surface area (Å²) < 4.78 is 2.03. The average molecular weight is 447 g/mol. The predicted octanol–water partition coefficient (Wildman–Crippen LogP) is 1.79. The molecule has 1 saturated heterocycles. The van der Waals surface area contributed by atoms with Crippen LogP contribution in [-0.4, -0.2) is 51.9 Å². The van der Waals surface area contributed by atoms with Crippen LogP contribution in [0.3, 0.4) is 0 Å². The van der Waals surface area contributed by atoms with Gasteiger partial charge in [0.25, 0.3) is 0 Å². The number of aliphatic imine (C=N–C) groups is 1. The van der Waals surface area contributed by atoms with Gasteiger partial charge in [-0.1, -0.05) is 36.4 Å². The molecule has 1 saturated carbocycles. The molecule has 2 fully saturated rings. The molecule has 33 heavy (non-hydrogen) atoms. The second kappa shape index (κ2) is 9.21. The third kappa shape index (κ3) is 4.29. The van der Waals surface area contributed by atoms with Crippen LogP contribution in [0.5, 0.6) is 0 Å². The number of nitrogens with zero attached hydrogens (tertiary/aromatic N) is 4. The first-order chi connectivity index (χ1) is 16.1. The molecule has 2 aromatic rings. The van der Waals surface area contributed by atoms with Crippen molar-refractivity contribution in [2.45, 2.75) is 26.4 Å². The van der Waals surface area contributed by atoms with Gasteiger partial charge in [0, 0.05) is 38.6 Å². The van der Waals surface area contributed by atoms with Gasteiger partial charge in [-0.2, -0.15) is 0 Å². The molecular weight excluding hydrogens is 416 g/mol. The summed E-state index contributed by atoms with van der Waals surface area (Å²) in [7, 11) is 0. The Morgan fingerprint density at radius 3 is 2.58 bits per heavy atom. The van der Waals surface area contributed by atoms with E-state index in [1.54, 1.807) is 6.20 Å². The number of allylic oxidation sites excluding steroid dienone is 2. The summed E-state index contributed by atoms with van der Waals surface area (Å²) >= 11 is 0. The molecule has 4 unspecified atom stereocenters. The molecule has 4 atom stereocenters. The minimum Gasteiger partial charge on any atom is -0.357 e. The second-order valence-corrected chi connectivity index (χ2v) is 9.00. The Bertz CT molecular complexity index is 1050. The summed E-state index contributed by atoms with van der Waals surface area (Å²) in [5.74, 6) is 0.905. The lowest BCUT2D eigenvalue weighted by molar-refractivity contribution is -0.140. The minimum atomic E-state index is -0.135. The fourth-order valence-corrected chi connectivity index (χ4v) is 5.40. The second-order valence-electron chi connectivity index (χ2n) is 9.00. The van der Waals surface area contributed by atoms with Crippen LogP contribution in [0.15, 0.2) is 60.1 Å². The van der Waals surface area contributed by atoms with Gasteiger partial charge in [-0.05, 0) is 36.3 Å². The lowest BCUT2D eigenvalue weighted by Crippen LogP contribution is -2.43. The van der Waals surface area contributed by atoms with Crippen LogP contribution >= 0.6 is 0 Å². The molecule has 0 spiro atoms. The molecule has 3 aliphatic rings. The van der Waals surface area contributed by atoms with Crippen molar-refractivity contribution in [3.8, 4) is 0 Å². The van der Waals surface area contributed by atoms with Crippen LogP contribution in [0.1, 0.15) is 24.5 Å². The summed E-state index contributed by atoms with van der Waals surface area (Å²) in [6.45, 7) is 4.90. The summed E-state index contributed by atoms with van der Waals surface area (Å²) in [6, 6.07) is 8.35. The summed E-state index contributed by atoms with van der Waals surface area (Å²) in [6.07, 6.45) is 10.7. The highest BCUT2D eigenvalue weighted by atomic mass is 16.2.